The minimum absolute atomic E-state index is 0.649. The van der Waals surface area contributed by atoms with Crippen molar-refractivity contribution in [2.75, 3.05) is 4.90 Å². The van der Waals surface area contributed by atoms with Gasteiger partial charge < -0.3 is 4.90 Å². The molecule has 5 nitrogen and oxygen atoms in total. The van der Waals surface area contributed by atoms with Crippen LogP contribution in [-0.2, 0) is 13.3 Å². The molecule has 0 unspecified atom stereocenters. The third-order valence-electron chi connectivity index (χ3n) is 5.34. The van der Waals surface area contributed by atoms with Gasteiger partial charge >= 0.3 is 0 Å². The van der Waals surface area contributed by atoms with Crippen LogP contribution in [0.2, 0.25) is 0 Å². The van der Waals surface area contributed by atoms with E-state index in [2.05, 4.69) is 95.9 Å². The number of hydrogen-bond acceptors (Lipinski definition) is 3. The minimum atomic E-state index is 0.649. The smallest absolute Gasteiger partial charge is 0.113 e. The third kappa shape index (κ3) is 4.09. The maximum Gasteiger partial charge on any atom is 0.113 e. The highest BCUT2D eigenvalue weighted by molar-refractivity contribution is 5.78. The van der Waals surface area contributed by atoms with Gasteiger partial charge in [-0.25, -0.2) is 0 Å². The molecule has 0 bridgehead atoms. The molecule has 2 heterocycles. The maximum absolute atomic E-state index is 4.69. The van der Waals surface area contributed by atoms with Crippen molar-refractivity contribution >= 4 is 5.69 Å². The summed E-state index contributed by atoms with van der Waals surface area (Å²) >= 11 is 0. The van der Waals surface area contributed by atoms with Crippen LogP contribution >= 0.6 is 0 Å². The Bertz CT molecular complexity index is 1020. The normalized spacial score (nSPS) is 11.0. The summed E-state index contributed by atoms with van der Waals surface area (Å²) in [7, 11) is 0. The molecule has 0 spiro atoms. The SMILES string of the molecule is Cc1cn(CN(Cn2cc(C)c(C)n2)c2ccccc2-c2ccccc2)nc1C. The van der Waals surface area contributed by atoms with Crippen molar-refractivity contribution in [3.05, 3.63) is 89.5 Å². The number of benzene rings is 2. The quantitative estimate of drug-likeness (QED) is 0.463. The Morgan fingerprint density at radius 2 is 1.21 bits per heavy atom. The zero-order chi connectivity index (χ0) is 20.4. The molecule has 2 aromatic heterocycles. The van der Waals surface area contributed by atoms with Crippen LogP contribution in [0.1, 0.15) is 22.5 Å². The molecule has 0 aliphatic carbocycles. The average Bonchev–Trinajstić information content (AvgIpc) is 3.21. The third-order valence-corrected chi connectivity index (χ3v) is 5.34. The summed E-state index contributed by atoms with van der Waals surface area (Å²) in [5.74, 6) is 0. The Kier molecular flexibility index (Phi) is 5.21. The highest BCUT2D eigenvalue weighted by atomic mass is 15.4. The molecule has 2 aromatic carbocycles. The van der Waals surface area contributed by atoms with Gasteiger partial charge in [-0.15, -0.1) is 0 Å². The number of hydrogen-bond donors (Lipinski definition) is 0. The summed E-state index contributed by atoms with van der Waals surface area (Å²) in [5, 5.41) is 9.38. The number of aromatic nitrogens is 4. The highest BCUT2D eigenvalue weighted by Crippen LogP contribution is 2.31. The molecule has 0 saturated carbocycles. The van der Waals surface area contributed by atoms with Crippen LogP contribution in [0, 0.1) is 27.7 Å². The maximum atomic E-state index is 4.69. The Hall–Kier alpha value is -3.34. The minimum Gasteiger partial charge on any atom is -0.332 e. The molecule has 4 rings (SSSR count). The summed E-state index contributed by atoms with van der Waals surface area (Å²) in [6.45, 7) is 9.60. The van der Waals surface area contributed by atoms with Crippen molar-refractivity contribution in [2.24, 2.45) is 0 Å². The fraction of sp³-hybridized carbons (Fsp3) is 0.250. The van der Waals surface area contributed by atoms with Crippen LogP contribution in [-0.4, -0.2) is 19.6 Å². The van der Waals surface area contributed by atoms with E-state index >= 15 is 0 Å². The molecule has 0 amide bonds. The van der Waals surface area contributed by atoms with E-state index in [1.54, 1.807) is 0 Å². The first-order valence-corrected chi connectivity index (χ1v) is 9.92. The Morgan fingerprint density at radius 3 is 1.72 bits per heavy atom. The lowest BCUT2D eigenvalue weighted by molar-refractivity contribution is 0.496. The number of anilines is 1. The van der Waals surface area contributed by atoms with E-state index in [-0.39, 0.29) is 0 Å². The molecule has 0 N–H and O–H groups in total. The van der Waals surface area contributed by atoms with Crippen molar-refractivity contribution < 1.29 is 0 Å². The predicted molar refractivity (Wildman–Crippen MR) is 118 cm³/mol. The van der Waals surface area contributed by atoms with Crippen LogP contribution in [0.15, 0.2) is 67.0 Å². The lowest BCUT2D eigenvalue weighted by Gasteiger charge is -2.27. The summed E-state index contributed by atoms with van der Waals surface area (Å²) in [6, 6.07) is 19.1. The topological polar surface area (TPSA) is 38.9 Å². The zero-order valence-electron chi connectivity index (χ0n) is 17.5. The first-order valence-electron chi connectivity index (χ1n) is 9.92. The first kappa shape index (κ1) is 19.0. The van der Waals surface area contributed by atoms with E-state index in [9.17, 15) is 0 Å². The van der Waals surface area contributed by atoms with E-state index in [0.29, 0.717) is 13.3 Å². The van der Waals surface area contributed by atoms with Gasteiger partial charge in [0.15, 0.2) is 0 Å². The Balaban J connectivity index is 1.75. The molecule has 0 atom stereocenters. The van der Waals surface area contributed by atoms with Gasteiger partial charge in [-0.2, -0.15) is 10.2 Å². The van der Waals surface area contributed by atoms with Crippen LogP contribution in [0.3, 0.4) is 0 Å². The van der Waals surface area contributed by atoms with Gasteiger partial charge in [0.1, 0.15) is 13.3 Å². The van der Waals surface area contributed by atoms with Crippen LogP contribution < -0.4 is 4.90 Å². The molecule has 148 valence electrons. The summed E-state index contributed by atoms with van der Waals surface area (Å²) in [6.07, 6.45) is 4.21. The fourth-order valence-corrected chi connectivity index (χ4v) is 3.54. The largest absolute Gasteiger partial charge is 0.332 e. The number of nitrogens with zero attached hydrogens (tertiary/aromatic N) is 5. The van der Waals surface area contributed by atoms with Gasteiger partial charge in [0.05, 0.1) is 11.4 Å². The van der Waals surface area contributed by atoms with Gasteiger partial charge in [-0.1, -0.05) is 48.5 Å². The molecule has 0 saturated heterocycles. The number of para-hydroxylation sites is 1. The molecule has 29 heavy (non-hydrogen) atoms. The molecule has 4 aromatic rings. The second-order valence-corrected chi connectivity index (χ2v) is 7.58. The van der Waals surface area contributed by atoms with E-state index in [1.165, 1.54) is 22.3 Å². The van der Waals surface area contributed by atoms with Gasteiger partial charge in [0.25, 0.3) is 0 Å². The van der Waals surface area contributed by atoms with Crippen LogP contribution in [0.5, 0.6) is 0 Å². The van der Waals surface area contributed by atoms with E-state index in [1.807, 2.05) is 23.2 Å². The Morgan fingerprint density at radius 1 is 0.690 bits per heavy atom. The van der Waals surface area contributed by atoms with Crippen molar-refractivity contribution in [2.45, 2.75) is 41.0 Å². The molecule has 0 aliphatic rings. The van der Waals surface area contributed by atoms with Crippen molar-refractivity contribution in [1.82, 2.24) is 19.6 Å². The molecular weight excluding hydrogens is 358 g/mol. The van der Waals surface area contributed by atoms with E-state index in [4.69, 9.17) is 0 Å². The second kappa shape index (κ2) is 7.95. The monoisotopic (exact) mass is 385 g/mol. The van der Waals surface area contributed by atoms with Crippen molar-refractivity contribution in [3.8, 4) is 11.1 Å². The summed E-state index contributed by atoms with van der Waals surface area (Å²) < 4.78 is 4.02. The van der Waals surface area contributed by atoms with Crippen molar-refractivity contribution in [1.29, 1.82) is 0 Å². The van der Waals surface area contributed by atoms with Gasteiger partial charge in [-0.05, 0) is 50.5 Å². The zero-order valence-corrected chi connectivity index (χ0v) is 17.5. The predicted octanol–water partition coefficient (Wildman–Crippen LogP) is 5.10. The van der Waals surface area contributed by atoms with Gasteiger partial charge in [0, 0.05) is 23.6 Å². The molecule has 0 fully saturated rings. The fourth-order valence-electron chi connectivity index (χ4n) is 3.54. The summed E-state index contributed by atoms with van der Waals surface area (Å²) in [5.41, 5.74) is 8.09. The van der Waals surface area contributed by atoms with Gasteiger partial charge in [0.2, 0.25) is 0 Å². The molecule has 0 radical (unpaired) electrons. The summed E-state index contributed by atoms with van der Waals surface area (Å²) in [4.78, 5) is 2.32. The Labute approximate surface area is 172 Å². The average molecular weight is 386 g/mol. The van der Waals surface area contributed by atoms with E-state index < -0.39 is 0 Å². The van der Waals surface area contributed by atoms with E-state index in [0.717, 1.165) is 17.1 Å². The number of rotatable bonds is 6. The van der Waals surface area contributed by atoms with Crippen molar-refractivity contribution in [3.63, 3.8) is 0 Å². The highest BCUT2D eigenvalue weighted by Gasteiger charge is 2.15. The van der Waals surface area contributed by atoms with Crippen LogP contribution in [0.25, 0.3) is 11.1 Å². The van der Waals surface area contributed by atoms with Gasteiger partial charge in [-0.3, -0.25) is 9.36 Å². The van der Waals surface area contributed by atoms with Crippen LogP contribution in [0.4, 0.5) is 5.69 Å². The lowest BCUT2D eigenvalue weighted by atomic mass is 10.0. The second-order valence-electron chi connectivity index (χ2n) is 7.58. The molecular formula is C24H27N5. The molecule has 5 heteroatoms. The molecule has 0 aliphatic heterocycles. The lowest BCUT2D eigenvalue weighted by Crippen LogP contribution is -2.30. The number of aryl methyl sites for hydroxylation is 4. The standard InChI is InChI=1S/C24H27N5/c1-18-14-28(25-20(18)3)16-27(17-29-15-19(2)21(4)26-29)24-13-9-8-12-23(24)22-10-6-5-7-11-22/h5-15H,16-17H2,1-4H3. The first-order chi connectivity index (χ1) is 14.0.